The molecule has 0 aliphatic heterocycles. The van der Waals surface area contributed by atoms with Gasteiger partial charge in [-0.25, -0.2) is 0 Å². The zero-order valence-electron chi connectivity index (χ0n) is 11.3. The molecule has 0 saturated heterocycles. The molecular formula is C15H15N3OS. The van der Waals surface area contributed by atoms with Gasteiger partial charge in [0.2, 0.25) is 0 Å². The lowest BCUT2D eigenvalue weighted by atomic mass is 10.0. The Bertz CT molecular complexity index is 739. The molecule has 3 aromatic rings. The molecule has 0 aliphatic carbocycles. The summed E-state index contributed by atoms with van der Waals surface area (Å²) in [4.78, 5) is 5.19. The van der Waals surface area contributed by atoms with Gasteiger partial charge in [-0.2, -0.15) is 0 Å². The predicted octanol–water partition coefficient (Wildman–Crippen LogP) is 3.29. The topological polar surface area (TPSA) is 58.9 Å². The van der Waals surface area contributed by atoms with E-state index in [0.717, 1.165) is 27.0 Å². The molecule has 0 radical (unpaired) electrons. The third-order valence-electron chi connectivity index (χ3n) is 3.26. The van der Waals surface area contributed by atoms with Gasteiger partial charge in [0, 0.05) is 17.1 Å². The van der Waals surface area contributed by atoms with E-state index in [9.17, 15) is 5.11 Å². The first-order valence-electron chi connectivity index (χ1n) is 6.51. The highest BCUT2D eigenvalue weighted by atomic mass is 32.1. The van der Waals surface area contributed by atoms with Crippen molar-refractivity contribution in [2.24, 2.45) is 0 Å². The van der Waals surface area contributed by atoms with Gasteiger partial charge < -0.3 is 5.11 Å². The second-order valence-corrected chi connectivity index (χ2v) is 5.83. The molecule has 0 amide bonds. The molecule has 0 spiro atoms. The number of rotatable bonds is 3. The summed E-state index contributed by atoms with van der Waals surface area (Å²) in [6.45, 7) is 4.09. The van der Waals surface area contributed by atoms with Gasteiger partial charge in [0.15, 0.2) is 0 Å². The number of aliphatic hydroxyl groups is 1. The van der Waals surface area contributed by atoms with Gasteiger partial charge in [-0.3, -0.25) is 4.98 Å². The average molecular weight is 285 g/mol. The number of aromatic nitrogens is 3. The van der Waals surface area contributed by atoms with Gasteiger partial charge >= 0.3 is 0 Å². The fraction of sp³-hybridized carbons (Fsp3) is 0.267. The van der Waals surface area contributed by atoms with Crippen LogP contribution in [0.1, 0.15) is 42.0 Å². The van der Waals surface area contributed by atoms with E-state index >= 15 is 0 Å². The Balaban J connectivity index is 2.03. The van der Waals surface area contributed by atoms with E-state index < -0.39 is 6.10 Å². The zero-order valence-corrected chi connectivity index (χ0v) is 12.1. The standard InChI is InChI=1S/C15H15N3OS/c1-9(2)13-15(20-18-17-13)14(19)11-7-10-5-3-4-6-12(10)16-8-11/h3-9,14,19H,1-2H3. The molecule has 5 heteroatoms. The van der Waals surface area contributed by atoms with Crippen LogP contribution < -0.4 is 0 Å². The van der Waals surface area contributed by atoms with Gasteiger partial charge in [0.25, 0.3) is 0 Å². The third-order valence-corrected chi connectivity index (χ3v) is 4.06. The largest absolute Gasteiger partial charge is 0.383 e. The minimum atomic E-state index is -0.718. The van der Waals surface area contributed by atoms with Crippen molar-refractivity contribution in [2.75, 3.05) is 0 Å². The van der Waals surface area contributed by atoms with Crippen LogP contribution in [-0.2, 0) is 0 Å². The lowest BCUT2D eigenvalue weighted by Crippen LogP contribution is -2.03. The molecule has 1 N–H and O–H groups in total. The predicted molar refractivity (Wildman–Crippen MR) is 79.8 cm³/mol. The van der Waals surface area contributed by atoms with Gasteiger partial charge in [0.05, 0.1) is 16.1 Å². The minimum Gasteiger partial charge on any atom is -0.383 e. The van der Waals surface area contributed by atoms with Crippen molar-refractivity contribution in [3.8, 4) is 0 Å². The average Bonchev–Trinajstić information content (AvgIpc) is 2.95. The van der Waals surface area contributed by atoms with Crippen molar-refractivity contribution in [2.45, 2.75) is 25.9 Å². The van der Waals surface area contributed by atoms with E-state index in [0.29, 0.717) is 0 Å². The monoisotopic (exact) mass is 285 g/mol. The smallest absolute Gasteiger partial charge is 0.118 e. The van der Waals surface area contributed by atoms with Crippen LogP contribution in [0.2, 0.25) is 0 Å². The molecule has 20 heavy (non-hydrogen) atoms. The number of para-hydroxylation sites is 1. The Morgan fingerprint density at radius 1 is 1.20 bits per heavy atom. The van der Waals surface area contributed by atoms with Crippen LogP contribution in [0.25, 0.3) is 10.9 Å². The molecule has 0 aliphatic rings. The molecular weight excluding hydrogens is 270 g/mol. The van der Waals surface area contributed by atoms with Crippen LogP contribution in [0, 0.1) is 0 Å². The molecule has 0 saturated carbocycles. The van der Waals surface area contributed by atoms with E-state index in [1.54, 1.807) is 6.20 Å². The maximum Gasteiger partial charge on any atom is 0.118 e. The maximum atomic E-state index is 10.6. The number of hydrogen-bond acceptors (Lipinski definition) is 5. The van der Waals surface area contributed by atoms with E-state index in [1.165, 1.54) is 11.5 Å². The summed E-state index contributed by atoms with van der Waals surface area (Å²) in [7, 11) is 0. The SMILES string of the molecule is CC(C)c1nnsc1C(O)c1cnc2ccccc2c1. The number of nitrogens with zero attached hydrogens (tertiary/aromatic N) is 3. The Hall–Kier alpha value is -1.85. The molecule has 102 valence electrons. The molecule has 1 unspecified atom stereocenters. The zero-order chi connectivity index (χ0) is 14.1. The number of hydrogen-bond donors (Lipinski definition) is 1. The van der Waals surface area contributed by atoms with Crippen LogP contribution in [0.4, 0.5) is 0 Å². The highest BCUT2D eigenvalue weighted by Gasteiger charge is 2.21. The van der Waals surface area contributed by atoms with Crippen molar-refractivity contribution in [3.63, 3.8) is 0 Å². The molecule has 2 aromatic heterocycles. The number of aliphatic hydroxyl groups excluding tert-OH is 1. The summed E-state index contributed by atoms with van der Waals surface area (Å²) < 4.78 is 3.96. The molecule has 0 bridgehead atoms. The Labute approximate surface area is 121 Å². The second kappa shape index (κ2) is 5.26. The molecule has 1 atom stereocenters. The minimum absolute atomic E-state index is 0.242. The van der Waals surface area contributed by atoms with Gasteiger partial charge in [-0.1, -0.05) is 36.5 Å². The fourth-order valence-electron chi connectivity index (χ4n) is 2.18. The first-order chi connectivity index (χ1) is 9.66. The van der Waals surface area contributed by atoms with E-state index in [1.807, 2.05) is 44.2 Å². The normalized spacial score (nSPS) is 13.0. The lowest BCUT2D eigenvalue weighted by molar-refractivity contribution is 0.222. The first kappa shape index (κ1) is 13.1. The summed E-state index contributed by atoms with van der Waals surface area (Å²) in [5.74, 6) is 0.242. The number of benzene rings is 1. The number of fused-ring (bicyclic) bond motifs is 1. The summed E-state index contributed by atoms with van der Waals surface area (Å²) >= 11 is 1.25. The third kappa shape index (κ3) is 2.30. The first-order valence-corrected chi connectivity index (χ1v) is 7.29. The molecule has 4 nitrogen and oxygen atoms in total. The van der Waals surface area contributed by atoms with E-state index in [-0.39, 0.29) is 5.92 Å². The highest BCUT2D eigenvalue weighted by molar-refractivity contribution is 7.05. The van der Waals surface area contributed by atoms with Crippen molar-refractivity contribution in [3.05, 3.63) is 52.7 Å². The Morgan fingerprint density at radius 3 is 2.80 bits per heavy atom. The summed E-state index contributed by atoms with van der Waals surface area (Å²) in [5.41, 5.74) is 2.56. The Kier molecular flexibility index (Phi) is 3.46. The van der Waals surface area contributed by atoms with E-state index in [4.69, 9.17) is 0 Å². The van der Waals surface area contributed by atoms with Crippen molar-refractivity contribution >= 4 is 22.4 Å². The van der Waals surface area contributed by atoms with E-state index in [2.05, 4.69) is 14.6 Å². The van der Waals surface area contributed by atoms with Crippen LogP contribution in [0.3, 0.4) is 0 Å². The van der Waals surface area contributed by atoms with Crippen LogP contribution in [0.15, 0.2) is 36.5 Å². The summed E-state index contributed by atoms with van der Waals surface area (Å²) in [6.07, 6.45) is 1.00. The second-order valence-electron chi connectivity index (χ2n) is 5.04. The highest BCUT2D eigenvalue weighted by Crippen LogP contribution is 2.31. The summed E-state index contributed by atoms with van der Waals surface area (Å²) in [5, 5.41) is 15.7. The number of pyridine rings is 1. The van der Waals surface area contributed by atoms with Crippen LogP contribution in [-0.4, -0.2) is 19.7 Å². The van der Waals surface area contributed by atoms with Gasteiger partial charge in [-0.05, 0) is 29.6 Å². The van der Waals surface area contributed by atoms with Crippen LogP contribution >= 0.6 is 11.5 Å². The van der Waals surface area contributed by atoms with Gasteiger partial charge in [-0.15, -0.1) is 5.10 Å². The van der Waals surface area contributed by atoms with Crippen molar-refractivity contribution < 1.29 is 5.11 Å². The lowest BCUT2D eigenvalue weighted by Gasteiger charge is -2.12. The Morgan fingerprint density at radius 2 is 2.00 bits per heavy atom. The molecule has 2 heterocycles. The van der Waals surface area contributed by atoms with Crippen molar-refractivity contribution in [1.82, 2.24) is 14.6 Å². The quantitative estimate of drug-likeness (QED) is 0.802. The van der Waals surface area contributed by atoms with Crippen LogP contribution in [0.5, 0.6) is 0 Å². The fourth-order valence-corrected chi connectivity index (χ4v) is 3.01. The molecule has 1 aromatic carbocycles. The molecule has 3 rings (SSSR count). The molecule has 0 fully saturated rings. The van der Waals surface area contributed by atoms with Gasteiger partial charge in [0.1, 0.15) is 6.10 Å². The summed E-state index contributed by atoms with van der Waals surface area (Å²) in [6, 6.07) is 9.84. The van der Waals surface area contributed by atoms with Crippen molar-refractivity contribution in [1.29, 1.82) is 0 Å². The maximum absolute atomic E-state index is 10.6.